The summed E-state index contributed by atoms with van der Waals surface area (Å²) in [7, 11) is 0. The maximum atomic E-state index is 11.4. The van der Waals surface area contributed by atoms with Crippen LogP contribution >= 0.6 is 0 Å². The SMILES string of the molecule is CC(=O)CC(C)(C)n1cc(-c2ccnc3[nH]ccc23)cn1.O=C(O)C(F)(F)F. The van der Waals surface area contributed by atoms with Crippen LogP contribution in [0.2, 0.25) is 0 Å². The van der Waals surface area contributed by atoms with Gasteiger partial charge < -0.3 is 10.1 Å². The molecule has 0 aromatic carbocycles. The lowest BCUT2D eigenvalue weighted by atomic mass is 9.98. The van der Waals surface area contributed by atoms with E-state index in [4.69, 9.17) is 9.90 Å². The number of pyridine rings is 1. The van der Waals surface area contributed by atoms with Crippen molar-refractivity contribution < 1.29 is 27.9 Å². The van der Waals surface area contributed by atoms with Gasteiger partial charge in [-0.2, -0.15) is 18.3 Å². The van der Waals surface area contributed by atoms with E-state index in [1.54, 1.807) is 13.1 Å². The number of nitrogens with zero attached hydrogens (tertiary/aromatic N) is 3. The highest BCUT2D eigenvalue weighted by molar-refractivity contribution is 5.92. The molecule has 0 aliphatic carbocycles. The van der Waals surface area contributed by atoms with Crippen molar-refractivity contribution in [3.63, 3.8) is 0 Å². The van der Waals surface area contributed by atoms with E-state index in [9.17, 15) is 18.0 Å². The van der Waals surface area contributed by atoms with Crippen LogP contribution in [0.5, 0.6) is 0 Å². The molecule has 0 spiro atoms. The van der Waals surface area contributed by atoms with Gasteiger partial charge in [-0.1, -0.05) is 0 Å². The Bertz CT molecular complexity index is 989. The molecule has 3 heterocycles. The van der Waals surface area contributed by atoms with Crippen molar-refractivity contribution in [1.29, 1.82) is 0 Å². The number of aromatic amines is 1. The number of Topliss-reactive ketones (excluding diaryl/α,β-unsaturated/α-hetero) is 1. The van der Waals surface area contributed by atoms with Gasteiger partial charge in [-0.25, -0.2) is 9.78 Å². The molecule has 0 atom stereocenters. The Hall–Kier alpha value is -3.17. The third-order valence-electron chi connectivity index (χ3n) is 3.90. The van der Waals surface area contributed by atoms with Gasteiger partial charge in [0.2, 0.25) is 0 Å². The molecule has 0 amide bonds. The first-order chi connectivity index (χ1) is 12.9. The summed E-state index contributed by atoms with van der Waals surface area (Å²) in [5.74, 6) is -2.60. The smallest absolute Gasteiger partial charge is 0.475 e. The first kappa shape index (κ1) is 21.1. The number of aromatic nitrogens is 4. The van der Waals surface area contributed by atoms with Crippen LogP contribution < -0.4 is 0 Å². The summed E-state index contributed by atoms with van der Waals surface area (Å²) < 4.78 is 33.6. The van der Waals surface area contributed by atoms with E-state index in [-0.39, 0.29) is 11.3 Å². The number of carbonyl (C=O) groups excluding carboxylic acids is 1. The Labute approximate surface area is 158 Å². The van der Waals surface area contributed by atoms with Crippen LogP contribution in [-0.4, -0.2) is 42.8 Å². The van der Waals surface area contributed by atoms with Crippen LogP contribution in [0.25, 0.3) is 22.2 Å². The molecule has 3 aromatic heterocycles. The Morgan fingerprint density at radius 2 is 1.89 bits per heavy atom. The summed E-state index contributed by atoms with van der Waals surface area (Å²) >= 11 is 0. The monoisotopic (exact) mass is 396 g/mol. The molecule has 0 aliphatic rings. The van der Waals surface area contributed by atoms with Crippen molar-refractivity contribution in [2.24, 2.45) is 0 Å². The number of hydrogen-bond donors (Lipinski definition) is 2. The van der Waals surface area contributed by atoms with Crippen LogP contribution in [0.3, 0.4) is 0 Å². The van der Waals surface area contributed by atoms with E-state index >= 15 is 0 Å². The molecule has 0 radical (unpaired) electrons. The van der Waals surface area contributed by atoms with Crippen molar-refractivity contribution in [3.8, 4) is 11.1 Å². The number of hydrogen-bond acceptors (Lipinski definition) is 4. The van der Waals surface area contributed by atoms with Gasteiger partial charge in [-0.3, -0.25) is 9.48 Å². The number of ketones is 1. The van der Waals surface area contributed by atoms with Gasteiger partial charge in [0, 0.05) is 36.0 Å². The van der Waals surface area contributed by atoms with E-state index in [0.717, 1.165) is 22.2 Å². The van der Waals surface area contributed by atoms with Gasteiger partial charge >= 0.3 is 12.1 Å². The van der Waals surface area contributed by atoms with Crippen LogP contribution in [0.1, 0.15) is 27.2 Å². The number of H-pyrrole nitrogens is 1. The molecule has 3 aromatic rings. The Balaban J connectivity index is 0.000000345. The first-order valence-electron chi connectivity index (χ1n) is 8.19. The van der Waals surface area contributed by atoms with E-state index < -0.39 is 12.1 Å². The lowest BCUT2D eigenvalue weighted by Gasteiger charge is -2.23. The fourth-order valence-corrected chi connectivity index (χ4v) is 2.70. The lowest BCUT2D eigenvalue weighted by molar-refractivity contribution is -0.192. The Kier molecular flexibility index (Phi) is 5.91. The quantitative estimate of drug-likeness (QED) is 0.699. The molecule has 7 nitrogen and oxygen atoms in total. The summed E-state index contributed by atoms with van der Waals surface area (Å²) in [6.45, 7) is 5.64. The second-order valence-electron chi connectivity index (χ2n) is 6.77. The van der Waals surface area contributed by atoms with Crippen LogP contribution in [0, 0.1) is 0 Å². The van der Waals surface area contributed by atoms with Gasteiger partial charge in [-0.05, 0) is 38.5 Å². The highest BCUT2D eigenvalue weighted by Crippen LogP contribution is 2.28. The van der Waals surface area contributed by atoms with Crippen molar-refractivity contribution in [2.45, 2.75) is 38.9 Å². The molecule has 3 rings (SSSR count). The number of carboxylic acid groups (broad SMARTS) is 1. The average molecular weight is 396 g/mol. The van der Waals surface area contributed by atoms with Gasteiger partial charge in [0.15, 0.2) is 0 Å². The third-order valence-corrected chi connectivity index (χ3v) is 3.90. The van der Waals surface area contributed by atoms with Gasteiger partial charge in [0.1, 0.15) is 11.4 Å². The summed E-state index contributed by atoms with van der Waals surface area (Å²) in [5, 5.41) is 12.6. The van der Waals surface area contributed by atoms with Crippen molar-refractivity contribution in [3.05, 3.63) is 36.9 Å². The van der Waals surface area contributed by atoms with Crippen molar-refractivity contribution in [1.82, 2.24) is 19.7 Å². The molecular formula is C18H19F3N4O3. The number of alkyl halides is 3. The standard InChI is InChI=1S/C16H18N4O.C2HF3O2/c1-11(21)8-16(2,3)20-10-12(9-19-20)13-4-6-17-15-14(13)5-7-18-15;3-2(4,5)1(6)7/h4-7,9-10H,8H2,1-3H3,(H,17,18);(H,6,7). The molecule has 10 heteroatoms. The predicted octanol–water partition coefficient (Wildman–Crippen LogP) is 3.77. The fourth-order valence-electron chi connectivity index (χ4n) is 2.70. The zero-order chi connectivity index (χ0) is 21.1. The van der Waals surface area contributed by atoms with Crippen molar-refractivity contribution >= 4 is 22.8 Å². The minimum absolute atomic E-state index is 0.161. The number of nitrogens with one attached hydrogen (secondary N) is 1. The van der Waals surface area contributed by atoms with E-state index in [1.807, 2.05) is 49.3 Å². The molecule has 0 aliphatic heterocycles. The first-order valence-corrected chi connectivity index (χ1v) is 8.19. The third kappa shape index (κ3) is 4.96. The largest absolute Gasteiger partial charge is 0.490 e. The summed E-state index contributed by atoms with van der Waals surface area (Å²) in [4.78, 5) is 27.7. The second kappa shape index (κ2) is 7.83. The molecule has 0 unspecified atom stereocenters. The highest BCUT2D eigenvalue weighted by Gasteiger charge is 2.38. The number of rotatable bonds is 4. The zero-order valence-corrected chi connectivity index (χ0v) is 15.4. The van der Waals surface area contributed by atoms with Crippen molar-refractivity contribution in [2.75, 3.05) is 0 Å². The van der Waals surface area contributed by atoms with E-state index in [2.05, 4.69) is 15.1 Å². The Morgan fingerprint density at radius 3 is 2.46 bits per heavy atom. The number of carboxylic acids is 1. The zero-order valence-electron chi connectivity index (χ0n) is 15.4. The Morgan fingerprint density at radius 1 is 1.25 bits per heavy atom. The molecular weight excluding hydrogens is 377 g/mol. The highest BCUT2D eigenvalue weighted by atomic mass is 19.4. The predicted molar refractivity (Wildman–Crippen MR) is 95.6 cm³/mol. The minimum atomic E-state index is -5.08. The second-order valence-corrected chi connectivity index (χ2v) is 6.77. The van der Waals surface area contributed by atoms with E-state index in [1.165, 1.54) is 0 Å². The van der Waals surface area contributed by atoms with Crippen LogP contribution in [0.4, 0.5) is 13.2 Å². The molecule has 0 saturated carbocycles. The maximum Gasteiger partial charge on any atom is 0.490 e. The average Bonchev–Trinajstić information content (AvgIpc) is 3.22. The molecule has 0 bridgehead atoms. The minimum Gasteiger partial charge on any atom is -0.475 e. The van der Waals surface area contributed by atoms with Crippen LogP contribution in [0.15, 0.2) is 36.9 Å². The van der Waals surface area contributed by atoms with Gasteiger partial charge in [0.05, 0.1) is 11.7 Å². The normalized spacial score (nSPS) is 11.8. The molecule has 0 saturated heterocycles. The van der Waals surface area contributed by atoms with Gasteiger partial charge in [-0.15, -0.1) is 0 Å². The van der Waals surface area contributed by atoms with Gasteiger partial charge in [0.25, 0.3) is 0 Å². The van der Waals surface area contributed by atoms with Crippen LogP contribution in [-0.2, 0) is 15.1 Å². The fraction of sp³-hybridized carbons (Fsp3) is 0.333. The lowest BCUT2D eigenvalue weighted by Crippen LogP contribution is -2.29. The summed E-state index contributed by atoms with van der Waals surface area (Å²) in [5.41, 5.74) is 2.65. The summed E-state index contributed by atoms with van der Waals surface area (Å²) in [6, 6.07) is 3.99. The number of halogens is 3. The number of fused-ring (bicyclic) bond motifs is 1. The topological polar surface area (TPSA) is 101 Å². The molecule has 150 valence electrons. The maximum absolute atomic E-state index is 11.4. The number of aliphatic carboxylic acids is 1. The molecule has 2 N–H and O–H groups in total. The number of carbonyl (C=O) groups is 2. The molecule has 0 fully saturated rings. The summed E-state index contributed by atoms with van der Waals surface area (Å²) in [6.07, 6.45) is 2.87. The van der Waals surface area contributed by atoms with E-state index in [0.29, 0.717) is 6.42 Å². The molecule has 28 heavy (non-hydrogen) atoms.